The van der Waals surface area contributed by atoms with E-state index in [1.807, 2.05) is 6.92 Å². The van der Waals surface area contributed by atoms with Crippen molar-refractivity contribution >= 4 is 28.4 Å². The lowest BCUT2D eigenvalue weighted by atomic mass is 10.0. The van der Waals surface area contributed by atoms with Crippen molar-refractivity contribution in [2.45, 2.75) is 13.5 Å². The first kappa shape index (κ1) is 22.6. The summed E-state index contributed by atoms with van der Waals surface area (Å²) >= 11 is 6.39. The largest absolute Gasteiger partial charge is 0.487 e. The molecule has 3 aromatic carbocycles. The van der Waals surface area contributed by atoms with Crippen molar-refractivity contribution in [1.29, 1.82) is 0 Å². The first-order valence-electron chi connectivity index (χ1n) is 10.6. The Hall–Kier alpha value is -4.17. The molecule has 0 fully saturated rings. The van der Waals surface area contributed by atoms with Gasteiger partial charge in [0.05, 0.1) is 27.8 Å². The quantitative estimate of drug-likeness (QED) is 0.279. The minimum Gasteiger partial charge on any atom is -0.487 e. The van der Waals surface area contributed by atoms with Gasteiger partial charge in [0, 0.05) is 17.5 Å². The lowest BCUT2D eigenvalue weighted by Gasteiger charge is -2.12. The lowest BCUT2D eigenvalue weighted by Crippen LogP contribution is -2.08. The molecular weight excluding hydrogens is 474 g/mol. The zero-order valence-corrected chi connectivity index (χ0v) is 19.1. The van der Waals surface area contributed by atoms with Crippen LogP contribution in [0.3, 0.4) is 0 Å². The second kappa shape index (κ2) is 9.23. The molecular formula is C26H17ClF2N4O2. The first-order chi connectivity index (χ1) is 16.9. The van der Waals surface area contributed by atoms with Crippen LogP contribution < -0.4 is 4.74 Å². The van der Waals surface area contributed by atoms with Crippen molar-refractivity contribution in [3.8, 4) is 11.6 Å². The normalized spacial score (nSPS) is 11.1. The minimum atomic E-state index is -0.785. The van der Waals surface area contributed by atoms with Gasteiger partial charge in [-0.2, -0.15) is 0 Å². The number of aryl methyl sites for hydroxylation is 1. The molecule has 0 aliphatic carbocycles. The summed E-state index contributed by atoms with van der Waals surface area (Å²) in [5.74, 6) is -1.17. The molecule has 0 spiro atoms. The van der Waals surface area contributed by atoms with Gasteiger partial charge in [-0.1, -0.05) is 23.7 Å². The fourth-order valence-corrected chi connectivity index (χ4v) is 3.94. The van der Waals surface area contributed by atoms with Gasteiger partial charge in [0.2, 0.25) is 0 Å². The maximum absolute atomic E-state index is 14.7. The molecule has 6 nitrogen and oxygen atoms in total. The summed E-state index contributed by atoms with van der Waals surface area (Å²) in [5, 5.41) is -0.166. The third-order valence-corrected chi connectivity index (χ3v) is 5.80. The fourth-order valence-electron chi connectivity index (χ4n) is 3.65. The van der Waals surface area contributed by atoms with Crippen LogP contribution in [0.4, 0.5) is 8.78 Å². The fraction of sp³-hybridized carbons (Fsp3) is 0.0769. The Bertz CT molecular complexity index is 1590. The smallest absolute Gasteiger partial charge is 0.197 e. The maximum atomic E-state index is 14.7. The SMILES string of the molecule is Cc1cncn1-c1cnc2ccc(C(=O)c3c(F)ccc(OCc4cccc(F)c4)c3Cl)cc2n1. The molecule has 0 aliphatic rings. The molecule has 0 saturated carbocycles. The Morgan fingerprint density at radius 2 is 1.91 bits per heavy atom. The van der Waals surface area contributed by atoms with E-state index >= 15 is 0 Å². The summed E-state index contributed by atoms with van der Waals surface area (Å²) in [4.78, 5) is 26.3. The summed E-state index contributed by atoms with van der Waals surface area (Å²) in [6.45, 7) is 1.88. The predicted molar refractivity (Wildman–Crippen MR) is 127 cm³/mol. The maximum Gasteiger partial charge on any atom is 0.197 e. The Labute approximate surface area is 203 Å². The number of imidazole rings is 1. The molecule has 174 valence electrons. The van der Waals surface area contributed by atoms with E-state index in [4.69, 9.17) is 16.3 Å². The Morgan fingerprint density at radius 1 is 1.06 bits per heavy atom. The molecule has 0 bridgehead atoms. The average Bonchev–Trinajstić information content (AvgIpc) is 3.28. The number of carbonyl (C=O) groups excluding carboxylic acids is 1. The molecule has 0 atom stereocenters. The van der Waals surface area contributed by atoms with Crippen molar-refractivity contribution in [2.75, 3.05) is 0 Å². The highest BCUT2D eigenvalue weighted by molar-refractivity contribution is 6.36. The molecule has 0 aliphatic heterocycles. The van der Waals surface area contributed by atoms with Gasteiger partial charge in [-0.15, -0.1) is 0 Å². The van der Waals surface area contributed by atoms with E-state index in [1.54, 1.807) is 41.5 Å². The highest BCUT2D eigenvalue weighted by atomic mass is 35.5. The van der Waals surface area contributed by atoms with E-state index in [2.05, 4.69) is 15.0 Å². The van der Waals surface area contributed by atoms with Gasteiger partial charge < -0.3 is 4.74 Å². The molecule has 35 heavy (non-hydrogen) atoms. The van der Waals surface area contributed by atoms with Crippen LogP contribution in [0.1, 0.15) is 27.2 Å². The first-order valence-corrected chi connectivity index (χ1v) is 10.9. The second-order valence-corrected chi connectivity index (χ2v) is 8.20. The second-order valence-electron chi connectivity index (χ2n) is 7.82. The third kappa shape index (κ3) is 4.48. The highest BCUT2D eigenvalue weighted by Gasteiger charge is 2.22. The number of ketones is 1. The number of nitrogens with zero attached hydrogens (tertiary/aromatic N) is 4. The van der Waals surface area contributed by atoms with Crippen LogP contribution in [0, 0.1) is 18.6 Å². The summed E-state index contributed by atoms with van der Waals surface area (Å²) in [6.07, 6.45) is 4.92. The van der Waals surface area contributed by atoms with E-state index in [9.17, 15) is 13.6 Å². The number of rotatable bonds is 6. The molecule has 9 heteroatoms. The third-order valence-electron chi connectivity index (χ3n) is 5.43. The van der Waals surface area contributed by atoms with Crippen LogP contribution in [0.2, 0.25) is 5.02 Å². The molecule has 0 unspecified atom stereocenters. The monoisotopic (exact) mass is 490 g/mol. The van der Waals surface area contributed by atoms with Gasteiger partial charge in [-0.3, -0.25) is 14.3 Å². The Morgan fingerprint density at radius 3 is 2.69 bits per heavy atom. The number of hydrogen-bond acceptors (Lipinski definition) is 5. The molecule has 0 amide bonds. The molecule has 0 radical (unpaired) electrons. The van der Waals surface area contributed by atoms with Gasteiger partial charge in [-0.05, 0) is 55.0 Å². The number of halogens is 3. The summed E-state index contributed by atoms with van der Waals surface area (Å²) in [7, 11) is 0. The zero-order chi connectivity index (χ0) is 24.5. The number of ether oxygens (including phenoxy) is 1. The van der Waals surface area contributed by atoms with Crippen LogP contribution >= 0.6 is 11.6 Å². The van der Waals surface area contributed by atoms with Crippen molar-refractivity contribution in [3.05, 3.63) is 112 Å². The highest BCUT2D eigenvalue weighted by Crippen LogP contribution is 2.33. The van der Waals surface area contributed by atoms with E-state index in [1.165, 1.54) is 30.3 Å². The predicted octanol–water partition coefficient (Wildman–Crippen LogP) is 5.87. The van der Waals surface area contributed by atoms with Gasteiger partial charge in [-0.25, -0.2) is 18.7 Å². The van der Waals surface area contributed by atoms with Gasteiger partial charge in [0.1, 0.15) is 30.3 Å². The van der Waals surface area contributed by atoms with Crippen LogP contribution in [0.15, 0.2) is 73.3 Å². The van der Waals surface area contributed by atoms with Crippen molar-refractivity contribution < 1.29 is 18.3 Å². The van der Waals surface area contributed by atoms with E-state index < -0.39 is 17.4 Å². The molecule has 0 saturated heterocycles. The lowest BCUT2D eigenvalue weighted by molar-refractivity contribution is 0.103. The van der Waals surface area contributed by atoms with Crippen LogP contribution in [-0.4, -0.2) is 25.3 Å². The van der Waals surface area contributed by atoms with Crippen LogP contribution in [0.25, 0.3) is 16.9 Å². The van der Waals surface area contributed by atoms with Crippen molar-refractivity contribution in [2.24, 2.45) is 0 Å². The van der Waals surface area contributed by atoms with Crippen LogP contribution in [-0.2, 0) is 6.61 Å². The number of hydrogen-bond donors (Lipinski definition) is 0. The summed E-state index contributed by atoms with van der Waals surface area (Å²) < 4.78 is 35.6. The Balaban J connectivity index is 1.47. The number of benzene rings is 3. The van der Waals surface area contributed by atoms with E-state index in [0.717, 1.165) is 11.8 Å². The van der Waals surface area contributed by atoms with Crippen molar-refractivity contribution in [3.63, 3.8) is 0 Å². The topological polar surface area (TPSA) is 69.9 Å². The van der Waals surface area contributed by atoms with Gasteiger partial charge >= 0.3 is 0 Å². The molecule has 5 aromatic rings. The zero-order valence-electron chi connectivity index (χ0n) is 18.4. The molecule has 2 aromatic heterocycles. The number of carbonyl (C=O) groups is 1. The molecule has 5 rings (SSSR count). The number of fused-ring (bicyclic) bond motifs is 1. The summed E-state index contributed by atoms with van der Waals surface area (Å²) in [6, 6.07) is 13.0. The van der Waals surface area contributed by atoms with Gasteiger partial charge in [0.15, 0.2) is 11.6 Å². The molecule has 0 N–H and O–H groups in total. The standard InChI is InChI=1S/C26H17ClF2N4O2/c1-15-11-30-14-33(15)23-12-31-20-7-5-17(10-21(20)32-23)26(34)24-19(29)6-8-22(25(24)27)35-13-16-3-2-4-18(28)9-16/h2-12,14H,13H2,1H3. The van der Waals surface area contributed by atoms with E-state index in [-0.39, 0.29) is 28.5 Å². The minimum absolute atomic E-state index is 0.00124. The average molecular weight is 491 g/mol. The van der Waals surface area contributed by atoms with Gasteiger partial charge in [0.25, 0.3) is 0 Å². The Kier molecular flexibility index (Phi) is 5.96. The number of aromatic nitrogens is 4. The summed E-state index contributed by atoms with van der Waals surface area (Å²) in [5.41, 5.74) is 2.33. The van der Waals surface area contributed by atoms with Crippen molar-refractivity contribution in [1.82, 2.24) is 19.5 Å². The van der Waals surface area contributed by atoms with Crippen LogP contribution in [0.5, 0.6) is 5.75 Å². The molecule has 2 heterocycles. The van der Waals surface area contributed by atoms with E-state index in [0.29, 0.717) is 22.4 Å².